The van der Waals surface area contributed by atoms with Crippen LogP contribution in [0.3, 0.4) is 0 Å². The molecule has 1 aliphatic rings. The second-order valence-corrected chi connectivity index (χ2v) is 5.73. The van der Waals surface area contributed by atoms with E-state index in [0.717, 1.165) is 12.1 Å². The normalized spacial score (nSPS) is 16.4. The summed E-state index contributed by atoms with van der Waals surface area (Å²) in [7, 11) is 0. The Balaban J connectivity index is 1.98. The number of nitrogens with one attached hydrogen (secondary N) is 2. The number of ether oxygens (including phenoxy) is 1. The fourth-order valence-corrected chi connectivity index (χ4v) is 2.59. The summed E-state index contributed by atoms with van der Waals surface area (Å²) in [4.78, 5) is 24.8. The molecule has 3 amide bonds. The number of carbonyl (C=O) groups is 2. The van der Waals surface area contributed by atoms with E-state index < -0.39 is 35.8 Å². The van der Waals surface area contributed by atoms with Crippen molar-refractivity contribution >= 4 is 11.9 Å². The van der Waals surface area contributed by atoms with Gasteiger partial charge in [0, 0.05) is 19.6 Å². The van der Waals surface area contributed by atoms with E-state index in [0.29, 0.717) is 19.2 Å². The lowest BCUT2D eigenvalue weighted by molar-refractivity contribution is -0.142. The minimum atomic E-state index is -4.83. The molecule has 0 aromatic heterocycles. The lowest BCUT2D eigenvalue weighted by atomic mass is 10.00. The van der Waals surface area contributed by atoms with Crippen LogP contribution in [0.25, 0.3) is 0 Å². The molecule has 11 heteroatoms. The molecule has 1 aromatic rings. The predicted octanol–water partition coefficient (Wildman–Crippen LogP) is 2.17. The molecule has 1 aromatic carbocycles. The average Bonchev–Trinajstić information content (AvgIpc) is 2.60. The summed E-state index contributed by atoms with van der Waals surface area (Å²) in [5.74, 6) is -0.270. The quantitative estimate of drug-likeness (QED) is 0.726. The number of hydrogen-bond donors (Lipinski definition) is 2. The number of alkyl halides is 5. The van der Waals surface area contributed by atoms with Crippen LogP contribution < -0.4 is 10.6 Å². The molecule has 27 heavy (non-hydrogen) atoms. The Morgan fingerprint density at radius 2 is 1.96 bits per heavy atom. The Hall–Kier alpha value is -2.43. The van der Waals surface area contributed by atoms with Crippen molar-refractivity contribution in [3.05, 3.63) is 35.4 Å². The van der Waals surface area contributed by atoms with Crippen LogP contribution >= 0.6 is 0 Å². The molecular formula is C16H18F5N3O3. The first-order chi connectivity index (χ1) is 12.7. The van der Waals surface area contributed by atoms with Crippen molar-refractivity contribution < 1.29 is 36.3 Å². The zero-order valence-corrected chi connectivity index (χ0v) is 14.1. The largest absolute Gasteiger partial charge is 0.416 e. The van der Waals surface area contributed by atoms with E-state index in [4.69, 9.17) is 4.74 Å². The van der Waals surface area contributed by atoms with Gasteiger partial charge in [-0.3, -0.25) is 4.79 Å². The van der Waals surface area contributed by atoms with E-state index in [9.17, 15) is 31.5 Å². The number of urea groups is 1. The highest BCUT2D eigenvalue weighted by Crippen LogP contribution is 2.36. The first-order valence-electron chi connectivity index (χ1n) is 8.04. The Kier molecular flexibility index (Phi) is 6.94. The summed E-state index contributed by atoms with van der Waals surface area (Å²) in [6.45, 7) is 0.691. The van der Waals surface area contributed by atoms with Gasteiger partial charge in [0.25, 0.3) is 6.43 Å². The van der Waals surface area contributed by atoms with Gasteiger partial charge in [0.15, 0.2) is 0 Å². The van der Waals surface area contributed by atoms with Crippen molar-refractivity contribution in [3.63, 3.8) is 0 Å². The van der Waals surface area contributed by atoms with Gasteiger partial charge in [-0.2, -0.15) is 13.2 Å². The summed E-state index contributed by atoms with van der Waals surface area (Å²) < 4.78 is 70.6. The summed E-state index contributed by atoms with van der Waals surface area (Å²) in [6.07, 6.45) is -8.08. The smallest absolute Gasteiger partial charge is 0.370 e. The molecule has 1 heterocycles. The summed E-state index contributed by atoms with van der Waals surface area (Å²) in [5.41, 5.74) is -1.96. The third kappa shape index (κ3) is 5.78. The molecule has 1 saturated heterocycles. The third-order valence-electron chi connectivity index (χ3n) is 3.89. The third-order valence-corrected chi connectivity index (χ3v) is 3.89. The van der Waals surface area contributed by atoms with Crippen LogP contribution in [0.1, 0.15) is 17.2 Å². The highest BCUT2D eigenvalue weighted by atomic mass is 19.4. The van der Waals surface area contributed by atoms with Crippen LogP contribution in [0.5, 0.6) is 0 Å². The number of morpholine rings is 1. The molecule has 1 atom stereocenters. The average molecular weight is 395 g/mol. The van der Waals surface area contributed by atoms with Gasteiger partial charge in [0.1, 0.15) is 12.6 Å². The lowest BCUT2D eigenvalue weighted by Gasteiger charge is -2.27. The van der Waals surface area contributed by atoms with Crippen LogP contribution in [-0.2, 0) is 15.7 Å². The first kappa shape index (κ1) is 20.9. The van der Waals surface area contributed by atoms with E-state index in [2.05, 4.69) is 5.32 Å². The number of rotatable bonds is 6. The summed E-state index contributed by atoms with van der Waals surface area (Å²) in [5, 5.41) is 4.13. The minimum absolute atomic E-state index is 0.0472. The molecule has 0 saturated carbocycles. The monoisotopic (exact) mass is 395 g/mol. The van der Waals surface area contributed by atoms with Gasteiger partial charge >= 0.3 is 12.2 Å². The minimum Gasteiger partial charge on any atom is -0.370 e. The van der Waals surface area contributed by atoms with Crippen LogP contribution in [0.4, 0.5) is 26.7 Å². The fourth-order valence-electron chi connectivity index (χ4n) is 2.59. The number of halogens is 5. The van der Waals surface area contributed by atoms with Crippen molar-refractivity contribution in [1.29, 1.82) is 0 Å². The Morgan fingerprint density at radius 3 is 2.59 bits per heavy atom. The maximum absolute atomic E-state index is 13.3. The van der Waals surface area contributed by atoms with Gasteiger partial charge in [-0.25, -0.2) is 13.6 Å². The van der Waals surface area contributed by atoms with Crippen molar-refractivity contribution in [2.24, 2.45) is 0 Å². The molecule has 0 unspecified atom stereocenters. The maximum atomic E-state index is 13.3. The van der Waals surface area contributed by atoms with Gasteiger partial charge in [-0.1, -0.05) is 18.2 Å². The molecule has 0 radical (unpaired) electrons. The summed E-state index contributed by atoms with van der Waals surface area (Å²) >= 11 is 0. The number of nitrogens with zero attached hydrogens (tertiary/aromatic N) is 1. The molecular weight excluding hydrogens is 377 g/mol. The predicted molar refractivity (Wildman–Crippen MR) is 84.1 cm³/mol. The van der Waals surface area contributed by atoms with Crippen molar-refractivity contribution in [2.45, 2.75) is 18.6 Å². The van der Waals surface area contributed by atoms with E-state index in [1.165, 1.54) is 11.0 Å². The zero-order chi connectivity index (χ0) is 20.0. The Labute approximate surface area is 151 Å². The van der Waals surface area contributed by atoms with Crippen LogP contribution in [0.2, 0.25) is 0 Å². The fraction of sp³-hybridized carbons (Fsp3) is 0.500. The Bertz CT molecular complexity index is 669. The van der Waals surface area contributed by atoms with Crippen molar-refractivity contribution in [1.82, 2.24) is 15.5 Å². The number of amides is 3. The molecule has 2 N–H and O–H groups in total. The molecule has 1 fully saturated rings. The van der Waals surface area contributed by atoms with E-state index in [-0.39, 0.29) is 25.6 Å². The van der Waals surface area contributed by atoms with Crippen LogP contribution in [0.15, 0.2) is 24.3 Å². The maximum Gasteiger partial charge on any atom is 0.416 e. The molecule has 150 valence electrons. The molecule has 2 rings (SSSR count). The van der Waals surface area contributed by atoms with Gasteiger partial charge in [0.2, 0.25) is 5.91 Å². The number of benzene rings is 1. The van der Waals surface area contributed by atoms with Gasteiger partial charge in [-0.05, 0) is 11.6 Å². The highest BCUT2D eigenvalue weighted by molar-refractivity contribution is 5.78. The second kappa shape index (κ2) is 8.98. The molecule has 0 bridgehead atoms. The second-order valence-electron chi connectivity index (χ2n) is 5.73. The number of hydrogen-bond acceptors (Lipinski definition) is 3. The number of carbonyl (C=O) groups excluding carboxylic acids is 2. The standard InChI is InChI=1S/C16H18F5N3O3/c17-14(18)13(10-3-1-2-4-11(10)16(19,20)21)23-15(26)22-5-6-24-7-8-27-9-12(24)25/h1-4,13-14H,5-9H2,(H2,22,23,26)/t13-/m1/s1. The molecule has 1 aliphatic heterocycles. The zero-order valence-electron chi connectivity index (χ0n) is 14.1. The van der Waals surface area contributed by atoms with Crippen molar-refractivity contribution in [2.75, 3.05) is 32.8 Å². The highest BCUT2D eigenvalue weighted by Gasteiger charge is 2.37. The SMILES string of the molecule is O=C(NCCN1CCOCC1=O)N[C@H](c1ccccc1C(F)(F)F)C(F)F. The van der Waals surface area contributed by atoms with E-state index >= 15 is 0 Å². The van der Waals surface area contributed by atoms with E-state index in [1.807, 2.05) is 5.32 Å². The van der Waals surface area contributed by atoms with E-state index in [1.54, 1.807) is 0 Å². The van der Waals surface area contributed by atoms with Crippen LogP contribution in [0, 0.1) is 0 Å². The molecule has 0 aliphatic carbocycles. The molecule has 0 spiro atoms. The lowest BCUT2D eigenvalue weighted by Crippen LogP contribution is -2.47. The van der Waals surface area contributed by atoms with Gasteiger partial charge in [-0.15, -0.1) is 0 Å². The van der Waals surface area contributed by atoms with Gasteiger partial charge in [0.05, 0.1) is 12.2 Å². The topological polar surface area (TPSA) is 70.7 Å². The molecule has 6 nitrogen and oxygen atoms in total. The van der Waals surface area contributed by atoms with Crippen LogP contribution in [-0.4, -0.2) is 56.1 Å². The van der Waals surface area contributed by atoms with Crippen molar-refractivity contribution in [3.8, 4) is 0 Å². The first-order valence-corrected chi connectivity index (χ1v) is 8.04. The van der Waals surface area contributed by atoms with Gasteiger partial charge < -0.3 is 20.3 Å². The Morgan fingerprint density at radius 1 is 1.26 bits per heavy atom. The summed E-state index contributed by atoms with van der Waals surface area (Å²) in [6, 6.07) is 0.643.